The third-order valence-corrected chi connectivity index (χ3v) is 5.31. The molecule has 0 amide bonds. The molecule has 0 spiro atoms. The summed E-state index contributed by atoms with van der Waals surface area (Å²) in [5.74, 6) is -0.145. The van der Waals surface area contributed by atoms with Gasteiger partial charge in [-0.25, -0.2) is 4.39 Å². The zero-order valence-electron chi connectivity index (χ0n) is 10.1. The number of rotatable bonds is 5. The Labute approximate surface area is 115 Å². The van der Waals surface area contributed by atoms with Crippen molar-refractivity contribution < 1.29 is 4.39 Å². The molecule has 0 heterocycles. The van der Waals surface area contributed by atoms with Crippen LogP contribution in [0, 0.1) is 5.82 Å². The summed E-state index contributed by atoms with van der Waals surface area (Å²) in [4.78, 5) is 0. The van der Waals surface area contributed by atoms with Crippen molar-refractivity contribution in [1.29, 1.82) is 0 Å². The Hall–Kier alpha value is -0.0600. The van der Waals surface area contributed by atoms with E-state index in [-0.39, 0.29) is 11.9 Å². The second kappa shape index (κ2) is 5.29. The third-order valence-electron chi connectivity index (χ3n) is 3.40. The first kappa shape index (κ1) is 13.4. The van der Waals surface area contributed by atoms with Gasteiger partial charge in [0.25, 0.3) is 0 Å². The van der Waals surface area contributed by atoms with Crippen molar-refractivity contribution in [1.82, 2.24) is 5.32 Å². The SMILES string of the molecule is CSC1(CNC(C)c2ccc(Br)cc2F)CC1. The highest BCUT2D eigenvalue weighted by Crippen LogP contribution is 2.46. The van der Waals surface area contributed by atoms with Crippen LogP contribution in [0.4, 0.5) is 4.39 Å². The molecule has 1 aromatic carbocycles. The lowest BCUT2D eigenvalue weighted by molar-refractivity contribution is 0.523. The molecule has 1 saturated carbocycles. The maximum absolute atomic E-state index is 13.7. The van der Waals surface area contributed by atoms with E-state index in [0.29, 0.717) is 4.75 Å². The summed E-state index contributed by atoms with van der Waals surface area (Å²) in [5.41, 5.74) is 0.741. The lowest BCUT2D eigenvalue weighted by Gasteiger charge is -2.19. The highest BCUT2D eigenvalue weighted by molar-refractivity contribution is 9.10. The van der Waals surface area contributed by atoms with Crippen molar-refractivity contribution in [2.24, 2.45) is 0 Å². The summed E-state index contributed by atoms with van der Waals surface area (Å²) in [6.07, 6.45) is 4.70. The largest absolute Gasteiger partial charge is 0.309 e. The molecule has 0 bridgehead atoms. The van der Waals surface area contributed by atoms with Gasteiger partial charge in [0.05, 0.1) is 0 Å². The molecule has 0 saturated heterocycles. The lowest BCUT2D eigenvalue weighted by atomic mass is 10.1. The van der Waals surface area contributed by atoms with Gasteiger partial charge >= 0.3 is 0 Å². The van der Waals surface area contributed by atoms with E-state index in [2.05, 4.69) is 27.5 Å². The van der Waals surface area contributed by atoms with Gasteiger partial charge in [-0.05, 0) is 38.2 Å². The van der Waals surface area contributed by atoms with E-state index < -0.39 is 0 Å². The van der Waals surface area contributed by atoms with Gasteiger partial charge in [-0.1, -0.05) is 22.0 Å². The molecule has 94 valence electrons. The first-order chi connectivity index (χ1) is 8.06. The summed E-state index contributed by atoms with van der Waals surface area (Å²) < 4.78 is 14.9. The quantitative estimate of drug-likeness (QED) is 0.876. The second-order valence-corrected chi connectivity index (χ2v) is 6.85. The number of thioether (sulfide) groups is 1. The highest BCUT2D eigenvalue weighted by atomic mass is 79.9. The molecule has 1 unspecified atom stereocenters. The molecule has 1 N–H and O–H groups in total. The molecule has 0 radical (unpaired) electrons. The average Bonchev–Trinajstić information content (AvgIpc) is 3.07. The van der Waals surface area contributed by atoms with E-state index >= 15 is 0 Å². The maximum Gasteiger partial charge on any atom is 0.129 e. The molecule has 1 atom stereocenters. The number of benzene rings is 1. The van der Waals surface area contributed by atoms with Crippen molar-refractivity contribution >= 4 is 27.7 Å². The fourth-order valence-corrected chi connectivity index (χ4v) is 2.97. The predicted molar refractivity (Wildman–Crippen MR) is 76.0 cm³/mol. The van der Waals surface area contributed by atoms with Crippen molar-refractivity contribution in [3.63, 3.8) is 0 Å². The summed E-state index contributed by atoms with van der Waals surface area (Å²) in [6, 6.07) is 5.32. The van der Waals surface area contributed by atoms with Gasteiger partial charge < -0.3 is 5.32 Å². The smallest absolute Gasteiger partial charge is 0.129 e. The molecule has 1 fully saturated rings. The van der Waals surface area contributed by atoms with Crippen LogP contribution in [0.15, 0.2) is 22.7 Å². The lowest BCUT2D eigenvalue weighted by Crippen LogP contribution is -2.28. The Morgan fingerprint density at radius 3 is 2.76 bits per heavy atom. The number of hydrogen-bond acceptors (Lipinski definition) is 2. The molecule has 4 heteroatoms. The average molecular weight is 318 g/mol. The number of nitrogens with one attached hydrogen (secondary N) is 1. The van der Waals surface area contributed by atoms with Gasteiger partial charge in [-0.15, -0.1) is 0 Å². The monoisotopic (exact) mass is 317 g/mol. The zero-order chi connectivity index (χ0) is 12.5. The molecular formula is C13H17BrFNS. The molecule has 0 aromatic heterocycles. The summed E-state index contributed by atoms with van der Waals surface area (Å²) in [7, 11) is 0. The van der Waals surface area contributed by atoms with E-state index in [0.717, 1.165) is 16.6 Å². The normalized spacial score (nSPS) is 19.1. The van der Waals surface area contributed by atoms with Crippen molar-refractivity contribution in [3.05, 3.63) is 34.1 Å². The fraction of sp³-hybridized carbons (Fsp3) is 0.538. The molecule has 2 rings (SSSR count). The van der Waals surface area contributed by atoms with Crippen LogP contribution < -0.4 is 5.32 Å². The van der Waals surface area contributed by atoms with Gasteiger partial charge in [0, 0.05) is 27.4 Å². The topological polar surface area (TPSA) is 12.0 Å². The first-order valence-electron chi connectivity index (χ1n) is 5.80. The summed E-state index contributed by atoms with van der Waals surface area (Å²) in [5, 5.41) is 3.44. The van der Waals surface area contributed by atoms with Crippen LogP contribution in [0.5, 0.6) is 0 Å². The van der Waals surface area contributed by atoms with Crippen molar-refractivity contribution in [3.8, 4) is 0 Å². The Morgan fingerprint density at radius 1 is 1.53 bits per heavy atom. The Bertz CT molecular complexity index is 406. The fourth-order valence-electron chi connectivity index (χ4n) is 1.89. The van der Waals surface area contributed by atoms with Crippen LogP contribution in [-0.4, -0.2) is 17.5 Å². The van der Waals surface area contributed by atoms with Gasteiger partial charge in [0.2, 0.25) is 0 Å². The molecule has 0 aliphatic heterocycles. The van der Waals surface area contributed by atoms with E-state index in [1.54, 1.807) is 0 Å². The van der Waals surface area contributed by atoms with Crippen LogP contribution in [0.25, 0.3) is 0 Å². The van der Waals surface area contributed by atoms with E-state index in [1.807, 2.05) is 30.8 Å². The predicted octanol–water partition coefficient (Wildman–Crippen LogP) is 4.13. The van der Waals surface area contributed by atoms with Crippen molar-refractivity contribution in [2.75, 3.05) is 12.8 Å². The van der Waals surface area contributed by atoms with Crippen LogP contribution in [0.2, 0.25) is 0 Å². The van der Waals surface area contributed by atoms with Gasteiger partial charge in [-0.3, -0.25) is 0 Å². The molecular weight excluding hydrogens is 301 g/mol. The minimum absolute atomic E-state index is 0.0627. The van der Waals surface area contributed by atoms with Crippen LogP contribution in [0.3, 0.4) is 0 Å². The third kappa shape index (κ3) is 3.24. The van der Waals surface area contributed by atoms with E-state index in [4.69, 9.17) is 0 Å². The van der Waals surface area contributed by atoms with E-state index in [9.17, 15) is 4.39 Å². The van der Waals surface area contributed by atoms with Gasteiger partial charge in [-0.2, -0.15) is 11.8 Å². The molecule has 1 aliphatic rings. The Balaban J connectivity index is 1.97. The number of hydrogen-bond donors (Lipinski definition) is 1. The molecule has 17 heavy (non-hydrogen) atoms. The minimum Gasteiger partial charge on any atom is -0.309 e. The Kier molecular flexibility index (Phi) is 4.16. The molecule has 1 aliphatic carbocycles. The van der Waals surface area contributed by atoms with Gasteiger partial charge in [0.15, 0.2) is 0 Å². The van der Waals surface area contributed by atoms with Crippen LogP contribution in [0.1, 0.15) is 31.4 Å². The van der Waals surface area contributed by atoms with Crippen LogP contribution >= 0.6 is 27.7 Å². The van der Waals surface area contributed by atoms with Crippen molar-refractivity contribution in [2.45, 2.75) is 30.6 Å². The molecule has 1 nitrogen and oxygen atoms in total. The highest BCUT2D eigenvalue weighted by Gasteiger charge is 2.41. The zero-order valence-corrected chi connectivity index (χ0v) is 12.5. The summed E-state index contributed by atoms with van der Waals surface area (Å²) >= 11 is 5.19. The first-order valence-corrected chi connectivity index (χ1v) is 7.82. The standard InChI is InChI=1S/C13H17BrFNS/c1-9(16-8-13(17-2)5-6-13)11-4-3-10(14)7-12(11)15/h3-4,7,9,16H,5-6,8H2,1-2H3. The summed E-state index contributed by atoms with van der Waals surface area (Å²) in [6.45, 7) is 2.98. The maximum atomic E-state index is 13.7. The van der Waals surface area contributed by atoms with Gasteiger partial charge in [0.1, 0.15) is 5.82 Å². The minimum atomic E-state index is -0.145. The molecule has 1 aromatic rings. The number of halogens is 2. The second-order valence-electron chi connectivity index (χ2n) is 4.66. The van der Waals surface area contributed by atoms with E-state index in [1.165, 1.54) is 18.9 Å². The van der Waals surface area contributed by atoms with Crippen LogP contribution in [-0.2, 0) is 0 Å². The Morgan fingerprint density at radius 2 is 2.24 bits per heavy atom.